The van der Waals surface area contributed by atoms with E-state index in [-0.39, 0.29) is 17.9 Å². The molecule has 0 radical (unpaired) electrons. The van der Waals surface area contributed by atoms with E-state index in [0.717, 1.165) is 5.56 Å². The number of aromatic nitrogens is 1. The van der Waals surface area contributed by atoms with Gasteiger partial charge in [-0.1, -0.05) is 29.4 Å². The maximum Gasteiger partial charge on any atom is 0.310 e. The van der Waals surface area contributed by atoms with Gasteiger partial charge < -0.3 is 14.0 Å². The Kier molecular flexibility index (Phi) is 6.56. The number of methoxy groups -OCH3 is 1. The number of hydrogen-bond acceptors (Lipinski definition) is 7. The summed E-state index contributed by atoms with van der Waals surface area (Å²) >= 11 is 0. The van der Waals surface area contributed by atoms with Crippen molar-refractivity contribution in [3.05, 3.63) is 65.9 Å². The molecule has 0 spiro atoms. The number of carbonyl (C=O) groups is 1. The first-order chi connectivity index (χ1) is 14.3. The fourth-order valence-corrected chi connectivity index (χ4v) is 3.79. The zero-order valence-corrected chi connectivity index (χ0v) is 17.8. The van der Waals surface area contributed by atoms with Crippen molar-refractivity contribution in [2.75, 3.05) is 7.11 Å². The number of ether oxygens (including phenoxy) is 2. The van der Waals surface area contributed by atoms with Crippen LogP contribution in [0.15, 0.2) is 64.0 Å². The van der Waals surface area contributed by atoms with E-state index < -0.39 is 21.1 Å². The highest BCUT2D eigenvalue weighted by molar-refractivity contribution is 7.92. The average molecular weight is 429 g/mol. The molecule has 158 valence electrons. The van der Waals surface area contributed by atoms with E-state index >= 15 is 0 Å². The second-order valence-corrected chi connectivity index (χ2v) is 9.49. The fraction of sp³-hybridized carbons (Fsp3) is 0.273. The third-order valence-electron chi connectivity index (χ3n) is 4.52. The van der Waals surface area contributed by atoms with Gasteiger partial charge in [0.15, 0.2) is 15.6 Å². The van der Waals surface area contributed by atoms with Crippen LogP contribution in [0, 0.1) is 0 Å². The van der Waals surface area contributed by atoms with Gasteiger partial charge >= 0.3 is 5.97 Å². The van der Waals surface area contributed by atoms with Crippen molar-refractivity contribution in [3.8, 4) is 17.1 Å². The smallest absolute Gasteiger partial charge is 0.310 e. The molecule has 2 aromatic carbocycles. The van der Waals surface area contributed by atoms with Crippen molar-refractivity contribution in [1.82, 2.24) is 5.16 Å². The van der Waals surface area contributed by atoms with Gasteiger partial charge in [-0.05, 0) is 43.7 Å². The predicted molar refractivity (Wildman–Crippen MR) is 111 cm³/mol. The molecule has 0 saturated carbocycles. The topological polar surface area (TPSA) is 95.7 Å². The molecule has 0 aliphatic heterocycles. The lowest BCUT2D eigenvalue weighted by molar-refractivity contribution is -0.144. The van der Waals surface area contributed by atoms with Crippen LogP contribution < -0.4 is 4.74 Å². The molecule has 0 amide bonds. The van der Waals surface area contributed by atoms with Crippen LogP contribution in [0.25, 0.3) is 11.3 Å². The van der Waals surface area contributed by atoms with Gasteiger partial charge in [-0.15, -0.1) is 0 Å². The van der Waals surface area contributed by atoms with Crippen LogP contribution in [-0.2, 0) is 32.4 Å². The molecule has 30 heavy (non-hydrogen) atoms. The molecule has 7 nitrogen and oxygen atoms in total. The molecule has 0 aliphatic rings. The summed E-state index contributed by atoms with van der Waals surface area (Å²) in [4.78, 5) is 12.4. The van der Waals surface area contributed by atoms with Gasteiger partial charge in [0.25, 0.3) is 0 Å². The first-order valence-corrected chi connectivity index (χ1v) is 10.9. The molecule has 0 atom stereocenters. The number of hydrogen-bond donors (Lipinski definition) is 0. The minimum absolute atomic E-state index is 0.0217. The summed E-state index contributed by atoms with van der Waals surface area (Å²) in [5, 5.41) is 3.42. The summed E-state index contributed by atoms with van der Waals surface area (Å²) in [5.41, 5.74) is 1.95. The lowest BCUT2D eigenvalue weighted by Crippen LogP contribution is -2.14. The molecule has 3 rings (SSSR count). The summed E-state index contributed by atoms with van der Waals surface area (Å²) in [6.07, 6.45) is 0.0304. The number of rotatable bonds is 8. The molecule has 0 N–H and O–H groups in total. The molecule has 8 heteroatoms. The third-order valence-corrected chi connectivity index (χ3v) is 6.69. The van der Waals surface area contributed by atoms with Gasteiger partial charge in [-0.3, -0.25) is 4.79 Å². The van der Waals surface area contributed by atoms with Crippen molar-refractivity contribution in [3.63, 3.8) is 0 Å². The monoisotopic (exact) mass is 429 g/mol. The largest absolute Gasteiger partial charge is 0.497 e. The quantitative estimate of drug-likeness (QED) is 0.502. The summed E-state index contributed by atoms with van der Waals surface area (Å²) in [7, 11) is -1.75. The number of carbonyl (C=O) groups excluding carboxylic acids is 1. The number of esters is 1. The molecule has 0 saturated heterocycles. The number of benzene rings is 2. The Morgan fingerprint density at radius 3 is 2.50 bits per heavy atom. The maximum atomic E-state index is 12.2. The standard InChI is InChI=1S/C22H23NO6S/c1-15(2)30(25,26)20-9-7-16(8-10-20)11-22(24)28-14-18-13-21(29-23-18)17-5-4-6-19(12-17)27-3/h4-10,12-13,15H,11,14H2,1-3H3. The molecule has 0 unspecified atom stereocenters. The van der Waals surface area contributed by atoms with Crippen molar-refractivity contribution in [1.29, 1.82) is 0 Å². The number of nitrogens with zero attached hydrogens (tertiary/aromatic N) is 1. The summed E-state index contributed by atoms with van der Waals surface area (Å²) in [5.74, 6) is 0.798. The van der Waals surface area contributed by atoms with Gasteiger partial charge in [0.05, 0.1) is 23.7 Å². The molecular formula is C22H23NO6S. The lowest BCUT2D eigenvalue weighted by Gasteiger charge is -2.08. The Balaban J connectivity index is 1.57. The normalized spacial score (nSPS) is 11.5. The van der Waals surface area contributed by atoms with E-state index in [4.69, 9.17) is 14.0 Å². The Morgan fingerprint density at radius 2 is 1.83 bits per heavy atom. The van der Waals surface area contributed by atoms with Crippen molar-refractivity contribution in [2.45, 2.75) is 37.0 Å². The third kappa shape index (κ3) is 5.07. The second-order valence-electron chi connectivity index (χ2n) is 6.99. The summed E-state index contributed by atoms with van der Waals surface area (Å²) < 4.78 is 40.1. The highest BCUT2D eigenvalue weighted by Gasteiger charge is 2.19. The van der Waals surface area contributed by atoms with Gasteiger partial charge in [-0.2, -0.15) is 0 Å². The molecule has 1 heterocycles. The van der Waals surface area contributed by atoms with Crippen LogP contribution >= 0.6 is 0 Å². The van der Waals surface area contributed by atoms with Gasteiger partial charge in [-0.25, -0.2) is 8.42 Å². The van der Waals surface area contributed by atoms with E-state index in [1.807, 2.05) is 24.3 Å². The van der Waals surface area contributed by atoms with E-state index in [1.54, 1.807) is 39.2 Å². The molecule has 0 aliphatic carbocycles. The molecule has 0 bridgehead atoms. The highest BCUT2D eigenvalue weighted by Crippen LogP contribution is 2.24. The molecular weight excluding hydrogens is 406 g/mol. The van der Waals surface area contributed by atoms with E-state index in [2.05, 4.69) is 5.16 Å². The maximum absolute atomic E-state index is 12.2. The van der Waals surface area contributed by atoms with Crippen molar-refractivity contribution < 1.29 is 27.2 Å². The molecule has 3 aromatic rings. The molecule has 1 aromatic heterocycles. The Bertz CT molecular complexity index is 1120. The lowest BCUT2D eigenvalue weighted by atomic mass is 10.1. The van der Waals surface area contributed by atoms with Crippen LogP contribution in [-0.4, -0.2) is 31.9 Å². The van der Waals surface area contributed by atoms with Crippen molar-refractivity contribution in [2.24, 2.45) is 0 Å². The van der Waals surface area contributed by atoms with Crippen LogP contribution in [0.5, 0.6) is 5.75 Å². The Hall–Kier alpha value is -3.13. The number of sulfone groups is 1. The van der Waals surface area contributed by atoms with Gasteiger partial charge in [0.2, 0.25) is 0 Å². The summed E-state index contributed by atoms with van der Waals surface area (Å²) in [6.45, 7) is 3.24. The second kappa shape index (κ2) is 9.13. The Morgan fingerprint density at radius 1 is 1.10 bits per heavy atom. The zero-order valence-electron chi connectivity index (χ0n) is 17.0. The van der Waals surface area contributed by atoms with E-state index in [0.29, 0.717) is 22.8 Å². The van der Waals surface area contributed by atoms with E-state index in [1.165, 1.54) is 12.1 Å². The first-order valence-electron chi connectivity index (χ1n) is 9.38. The van der Waals surface area contributed by atoms with Crippen LogP contribution in [0.2, 0.25) is 0 Å². The van der Waals surface area contributed by atoms with Gasteiger partial charge in [0, 0.05) is 11.6 Å². The first kappa shape index (κ1) is 21.6. The van der Waals surface area contributed by atoms with Gasteiger partial charge in [0.1, 0.15) is 18.1 Å². The molecule has 0 fully saturated rings. The van der Waals surface area contributed by atoms with E-state index in [9.17, 15) is 13.2 Å². The summed E-state index contributed by atoms with van der Waals surface area (Å²) in [6, 6.07) is 15.3. The average Bonchev–Trinajstić information content (AvgIpc) is 3.22. The van der Waals surface area contributed by atoms with Crippen LogP contribution in [0.3, 0.4) is 0 Å². The van der Waals surface area contributed by atoms with Crippen LogP contribution in [0.4, 0.5) is 0 Å². The Labute approximate surface area is 175 Å². The fourth-order valence-electron chi connectivity index (χ4n) is 2.73. The minimum atomic E-state index is -3.34. The highest BCUT2D eigenvalue weighted by atomic mass is 32.2. The van der Waals surface area contributed by atoms with Crippen molar-refractivity contribution >= 4 is 15.8 Å². The zero-order chi connectivity index (χ0) is 21.7. The minimum Gasteiger partial charge on any atom is -0.497 e. The SMILES string of the molecule is COc1cccc(-c2cc(COC(=O)Cc3ccc(S(=O)(=O)C(C)C)cc3)no2)c1. The predicted octanol–water partition coefficient (Wildman–Crippen LogP) is 3.82. The van der Waals surface area contributed by atoms with Crippen LogP contribution in [0.1, 0.15) is 25.1 Å².